The van der Waals surface area contributed by atoms with Crippen molar-refractivity contribution >= 4 is 23.6 Å². The van der Waals surface area contributed by atoms with Gasteiger partial charge in [-0.25, -0.2) is 9.78 Å². The third kappa shape index (κ3) is 4.99. The van der Waals surface area contributed by atoms with E-state index in [1.165, 1.54) is 11.8 Å². The second kappa shape index (κ2) is 8.93. The van der Waals surface area contributed by atoms with E-state index >= 15 is 0 Å². The summed E-state index contributed by atoms with van der Waals surface area (Å²) in [4.78, 5) is 27.9. The summed E-state index contributed by atoms with van der Waals surface area (Å²) in [5, 5.41) is 3.26. The highest BCUT2D eigenvalue weighted by Crippen LogP contribution is 2.17. The number of aromatic nitrogens is 1. The fourth-order valence-electron chi connectivity index (χ4n) is 1.95. The molecule has 0 saturated carbocycles. The van der Waals surface area contributed by atoms with Gasteiger partial charge in [-0.15, -0.1) is 11.8 Å². The van der Waals surface area contributed by atoms with Crippen LogP contribution in [-0.4, -0.2) is 36.8 Å². The molecule has 0 atom stereocenters. The number of nitrogens with one attached hydrogen (secondary N) is 1. The lowest BCUT2D eigenvalue weighted by molar-refractivity contribution is -0.124. The largest absolute Gasteiger partial charge is 0.497 e. The maximum absolute atomic E-state index is 12.0. The molecule has 2 rings (SSSR count). The van der Waals surface area contributed by atoms with Gasteiger partial charge >= 0.3 is 5.97 Å². The molecule has 0 radical (unpaired) electrons. The van der Waals surface area contributed by atoms with Crippen molar-refractivity contribution in [2.45, 2.75) is 11.6 Å². The van der Waals surface area contributed by atoms with Crippen molar-refractivity contribution in [2.24, 2.45) is 0 Å². The van der Waals surface area contributed by atoms with E-state index < -0.39 is 5.97 Å². The van der Waals surface area contributed by atoms with Crippen LogP contribution in [0.25, 0.3) is 0 Å². The maximum Gasteiger partial charge on any atom is 0.341 e. The first-order chi connectivity index (χ1) is 11.6. The number of rotatable bonds is 7. The summed E-state index contributed by atoms with van der Waals surface area (Å²) in [6.07, 6.45) is 3.42. The molecule has 6 nitrogen and oxygen atoms in total. The van der Waals surface area contributed by atoms with E-state index in [9.17, 15) is 9.59 Å². The summed E-state index contributed by atoms with van der Waals surface area (Å²) in [5.74, 6) is -0.223. The quantitative estimate of drug-likeness (QED) is 0.612. The topological polar surface area (TPSA) is 77.5 Å². The van der Waals surface area contributed by atoms with E-state index in [4.69, 9.17) is 9.47 Å². The van der Waals surface area contributed by atoms with Gasteiger partial charge in [0.15, 0.2) is 6.61 Å². The van der Waals surface area contributed by atoms with Gasteiger partial charge in [0.05, 0.1) is 12.7 Å². The van der Waals surface area contributed by atoms with Gasteiger partial charge in [0.1, 0.15) is 10.8 Å². The summed E-state index contributed by atoms with van der Waals surface area (Å²) < 4.78 is 10.2. The summed E-state index contributed by atoms with van der Waals surface area (Å²) in [5.41, 5.74) is 1.25. The fourth-order valence-corrected chi connectivity index (χ4v) is 2.49. The van der Waals surface area contributed by atoms with Crippen LogP contribution in [0, 0.1) is 0 Å². The van der Waals surface area contributed by atoms with Crippen LogP contribution in [0.4, 0.5) is 0 Å². The van der Waals surface area contributed by atoms with Crippen LogP contribution >= 0.6 is 11.8 Å². The number of ether oxygens (including phenoxy) is 2. The number of carbonyl (C=O) groups excluding carboxylic acids is 2. The predicted octanol–water partition coefficient (Wildman–Crippen LogP) is 2.29. The van der Waals surface area contributed by atoms with Crippen molar-refractivity contribution in [1.82, 2.24) is 10.3 Å². The first-order valence-electron chi connectivity index (χ1n) is 7.19. The Bertz CT molecular complexity index is 721. The van der Waals surface area contributed by atoms with Crippen LogP contribution in [0.5, 0.6) is 5.75 Å². The number of benzene rings is 1. The molecule has 7 heteroatoms. The summed E-state index contributed by atoms with van der Waals surface area (Å²) in [6.45, 7) is -0.0118. The first-order valence-corrected chi connectivity index (χ1v) is 8.42. The van der Waals surface area contributed by atoms with Gasteiger partial charge in [-0.3, -0.25) is 4.79 Å². The molecular formula is C17H18N2O4S. The van der Waals surface area contributed by atoms with E-state index in [1.807, 2.05) is 30.5 Å². The Morgan fingerprint density at radius 1 is 1.25 bits per heavy atom. The number of carbonyl (C=O) groups is 2. The summed E-state index contributed by atoms with van der Waals surface area (Å²) in [7, 11) is 1.58. The second-order valence-electron chi connectivity index (χ2n) is 4.76. The molecule has 0 unspecified atom stereocenters. The molecule has 0 aliphatic rings. The average molecular weight is 346 g/mol. The van der Waals surface area contributed by atoms with Crippen LogP contribution in [0.1, 0.15) is 15.9 Å². The molecule has 0 spiro atoms. The number of hydrogen-bond acceptors (Lipinski definition) is 6. The van der Waals surface area contributed by atoms with Gasteiger partial charge in [-0.2, -0.15) is 0 Å². The number of esters is 1. The number of hydrogen-bond donors (Lipinski definition) is 1. The van der Waals surface area contributed by atoms with E-state index in [0.29, 0.717) is 22.9 Å². The molecule has 24 heavy (non-hydrogen) atoms. The van der Waals surface area contributed by atoms with Crippen molar-refractivity contribution in [3.05, 3.63) is 53.7 Å². The second-order valence-corrected chi connectivity index (χ2v) is 5.56. The number of pyridine rings is 1. The zero-order valence-corrected chi connectivity index (χ0v) is 14.3. The zero-order valence-electron chi connectivity index (χ0n) is 13.4. The maximum atomic E-state index is 12.0. The first kappa shape index (κ1) is 17.8. The zero-order chi connectivity index (χ0) is 17.4. The molecular weight excluding hydrogens is 328 g/mol. The Kier molecular flexibility index (Phi) is 6.62. The molecule has 2 aromatic rings. The monoisotopic (exact) mass is 346 g/mol. The SMILES string of the molecule is COc1cccc(CNC(=O)COC(=O)c2cccnc2SC)c1. The van der Waals surface area contributed by atoms with Crippen molar-refractivity contribution in [3.8, 4) is 5.75 Å². The minimum absolute atomic E-state index is 0.330. The molecule has 0 bridgehead atoms. The third-order valence-corrected chi connectivity index (χ3v) is 3.85. The van der Waals surface area contributed by atoms with E-state index in [2.05, 4.69) is 10.3 Å². The van der Waals surface area contributed by atoms with Gasteiger partial charge in [0, 0.05) is 12.7 Å². The highest BCUT2D eigenvalue weighted by molar-refractivity contribution is 7.98. The highest BCUT2D eigenvalue weighted by Gasteiger charge is 2.14. The van der Waals surface area contributed by atoms with Crippen LogP contribution < -0.4 is 10.1 Å². The van der Waals surface area contributed by atoms with E-state index in [0.717, 1.165) is 5.56 Å². The Balaban J connectivity index is 1.83. The number of methoxy groups -OCH3 is 1. The Labute approximate surface area is 144 Å². The lowest BCUT2D eigenvalue weighted by Gasteiger charge is -2.09. The van der Waals surface area contributed by atoms with Gasteiger partial charge < -0.3 is 14.8 Å². The van der Waals surface area contributed by atoms with Crippen LogP contribution in [0.3, 0.4) is 0 Å². The number of nitrogens with zero attached hydrogens (tertiary/aromatic N) is 1. The van der Waals surface area contributed by atoms with Crippen LogP contribution in [0.15, 0.2) is 47.6 Å². The molecule has 1 aromatic heterocycles. The number of thioether (sulfide) groups is 1. The third-order valence-electron chi connectivity index (χ3n) is 3.14. The molecule has 1 amide bonds. The van der Waals surface area contributed by atoms with Crippen LogP contribution in [-0.2, 0) is 16.1 Å². The molecule has 1 heterocycles. The Hall–Kier alpha value is -2.54. The molecule has 126 valence electrons. The molecule has 0 aliphatic heterocycles. The minimum atomic E-state index is -0.566. The highest BCUT2D eigenvalue weighted by atomic mass is 32.2. The van der Waals surface area contributed by atoms with Crippen LogP contribution in [0.2, 0.25) is 0 Å². The molecule has 1 aromatic carbocycles. The molecule has 0 aliphatic carbocycles. The van der Waals surface area contributed by atoms with Gasteiger partial charge in [0.25, 0.3) is 5.91 Å². The van der Waals surface area contributed by atoms with Gasteiger partial charge in [-0.1, -0.05) is 12.1 Å². The molecule has 0 fully saturated rings. The number of amides is 1. The Morgan fingerprint density at radius 2 is 2.08 bits per heavy atom. The van der Waals surface area contributed by atoms with E-state index in [1.54, 1.807) is 25.4 Å². The smallest absolute Gasteiger partial charge is 0.341 e. The lowest BCUT2D eigenvalue weighted by atomic mass is 10.2. The lowest BCUT2D eigenvalue weighted by Crippen LogP contribution is -2.28. The van der Waals surface area contributed by atoms with Gasteiger partial charge in [-0.05, 0) is 36.1 Å². The summed E-state index contributed by atoms with van der Waals surface area (Å²) in [6, 6.07) is 10.6. The summed E-state index contributed by atoms with van der Waals surface area (Å²) >= 11 is 1.34. The molecule has 1 N–H and O–H groups in total. The van der Waals surface area contributed by atoms with E-state index in [-0.39, 0.29) is 12.5 Å². The van der Waals surface area contributed by atoms with Gasteiger partial charge in [0.2, 0.25) is 0 Å². The van der Waals surface area contributed by atoms with Crippen molar-refractivity contribution < 1.29 is 19.1 Å². The average Bonchev–Trinajstić information content (AvgIpc) is 2.64. The fraction of sp³-hybridized carbons (Fsp3) is 0.235. The van der Waals surface area contributed by atoms with Crippen molar-refractivity contribution in [3.63, 3.8) is 0 Å². The predicted molar refractivity (Wildman–Crippen MR) is 91.1 cm³/mol. The van der Waals surface area contributed by atoms with Crippen molar-refractivity contribution in [2.75, 3.05) is 20.0 Å². The molecule has 0 saturated heterocycles. The minimum Gasteiger partial charge on any atom is -0.497 e. The standard InChI is InChI=1S/C17H18N2O4S/c1-22-13-6-3-5-12(9-13)10-19-15(20)11-23-17(21)14-7-4-8-18-16(14)24-2/h3-9H,10-11H2,1-2H3,(H,19,20). The van der Waals surface area contributed by atoms with Crippen molar-refractivity contribution in [1.29, 1.82) is 0 Å². The normalized spacial score (nSPS) is 10.1. The Morgan fingerprint density at radius 3 is 2.83 bits per heavy atom.